The molecule has 0 aliphatic heterocycles. The summed E-state index contributed by atoms with van der Waals surface area (Å²) < 4.78 is 66.4. The van der Waals surface area contributed by atoms with Crippen LogP contribution in [0.25, 0.3) is 0 Å². The number of ether oxygens (including phenoxy) is 1. The molecule has 102 valence electrons. The van der Waals surface area contributed by atoms with Gasteiger partial charge in [0.1, 0.15) is 0 Å². The fraction of sp³-hybridized carbons (Fsp3) is 0.400. The summed E-state index contributed by atoms with van der Waals surface area (Å²) in [5.41, 5.74) is 5.59. The highest BCUT2D eigenvalue weighted by atomic mass is 32.1. The largest absolute Gasteiger partial charge is 0.478 e. The summed E-state index contributed by atoms with van der Waals surface area (Å²) in [4.78, 5) is 0. The van der Waals surface area contributed by atoms with E-state index in [9.17, 15) is 22.0 Å². The first-order valence-corrected chi connectivity index (χ1v) is 5.42. The highest BCUT2D eigenvalue weighted by Crippen LogP contribution is 2.27. The summed E-state index contributed by atoms with van der Waals surface area (Å²) in [5, 5.41) is 0. The topological polar surface area (TPSA) is 35.2 Å². The van der Waals surface area contributed by atoms with E-state index < -0.39 is 36.2 Å². The summed E-state index contributed by atoms with van der Waals surface area (Å²) >= 11 is 3.85. The number of nitrogens with two attached hydrogens (primary N) is 1. The van der Waals surface area contributed by atoms with E-state index in [4.69, 9.17) is 5.73 Å². The monoisotopic (exact) mass is 287 g/mol. The predicted octanol–water partition coefficient (Wildman–Crippen LogP) is 2.84. The van der Waals surface area contributed by atoms with Crippen LogP contribution in [0.15, 0.2) is 12.1 Å². The highest BCUT2D eigenvalue weighted by molar-refractivity contribution is 7.80. The summed E-state index contributed by atoms with van der Waals surface area (Å²) in [7, 11) is 0. The Bertz CT molecular complexity index is 400. The fourth-order valence-corrected chi connectivity index (χ4v) is 1.40. The minimum absolute atomic E-state index is 0.0966. The molecule has 18 heavy (non-hydrogen) atoms. The van der Waals surface area contributed by atoms with Crippen molar-refractivity contribution >= 4 is 12.6 Å². The Hall–Kier alpha value is -1.02. The zero-order chi connectivity index (χ0) is 13.9. The molecule has 2 N–H and O–H groups in total. The summed E-state index contributed by atoms with van der Waals surface area (Å²) in [5.74, 6) is -3.39. The first kappa shape index (κ1) is 15.0. The molecule has 8 heteroatoms. The van der Waals surface area contributed by atoms with Crippen molar-refractivity contribution in [2.24, 2.45) is 5.73 Å². The van der Waals surface area contributed by atoms with Crippen LogP contribution in [0.4, 0.5) is 22.0 Å². The summed E-state index contributed by atoms with van der Waals surface area (Å²) in [6.45, 7) is -1.77. The van der Waals surface area contributed by atoms with Gasteiger partial charge in [-0.05, 0) is 17.7 Å². The molecule has 0 heterocycles. The quantitative estimate of drug-likeness (QED) is 0.660. The van der Waals surface area contributed by atoms with Crippen LogP contribution in [0.5, 0.6) is 5.75 Å². The first-order valence-electron chi connectivity index (χ1n) is 4.79. The van der Waals surface area contributed by atoms with Gasteiger partial charge in [-0.25, -0.2) is 8.78 Å². The van der Waals surface area contributed by atoms with Crippen LogP contribution < -0.4 is 10.5 Å². The Balaban J connectivity index is 2.94. The molecular formula is C10H10F5NOS. The van der Waals surface area contributed by atoms with Gasteiger partial charge >= 0.3 is 6.18 Å². The molecule has 0 amide bonds. The number of rotatable bonds is 4. The molecule has 0 fully saturated rings. The molecule has 0 aliphatic rings. The number of hydrogen-bond donors (Lipinski definition) is 2. The summed E-state index contributed by atoms with van der Waals surface area (Å²) in [6, 6.07) is 0.944. The number of alkyl halides is 3. The van der Waals surface area contributed by atoms with E-state index in [1.54, 1.807) is 0 Å². The second-order valence-electron chi connectivity index (χ2n) is 3.51. The van der Waals surface area contributed by atoms with E-state index in [0.717, 1.165) is 12.1 Å². The van der Waals surface area contributed by atoms with Gasteiger partial charge in [-0.1, -0.05) is 0 Å². The summed E-state index contributed by atoms with van der Waals surface area (Å²) in [6.07, 6.45) is -4.67. The number of hydrogen-bond acceptors (Lipinski definition) is 3. The Morgan fingerprint density at radius 3 is 2.11 bits per heavy atom. The van der Waals surface area contributed by atoms with E-state index in [1.807, 2.05) is 0 Å². The molecule has 1 unspecified atom stereocenters. The van der Waals surface area contributed by atoms with Gasteiger partial charge in [0.25, 0.3) is 0 Å². The molecule has 0 saturated heterocycles. The fourth-order valence-electron chi connectivity index (χ4n) is 1.19. The lowest BCUT2D eigenvalue weighted by Crippen LogP contribution is -2.20. The maximum absolute atomic E-state index is 13.4. The van der Waals surface area contributed by atoms with Gasteiger partial charge in [0.2, 0.25) is 0 Å². The molecule has 1 aromatic carbocycles. The molecule has 0 aliphatic carbocycles. The van der Waals surface area contributed by atoms with Crippen molar-refractivity contribution in [2.45, 2.75) is 12.2 Å². The van der Waals surface area contributed by atoms with Crippen molar-refractivity contribution in [3.05, 3.63) is 29.3 Å². The van der Waals surface area contributed by atoms with Crippen LogP contribution in [0, 0.1) is 11.6 Å². The Labute approximate surface area is 105 Å². The lowest BCUT2D eigenvalue weighted by molar-refractivity contribution is -0.154. The normalized spacial score (nSPS) is 13.5. The molecule has 0 aromatic heterocycles. The van der Waals surface area contributed by atoms with Gasteiger partial charge in [-0.15, -0.1) is 0 Å². The second-order valence-corrected chi connectivity index (χ2v) is 3.87. The molecule has 0 radical (unpaired) electrons. The molecule has 2 nitrogen and oxygen atoms in total. The SMILES string of the molecule is NC(CS)c1cc(F)c(OCC(F)(F)F)c(F)c1. The zero-order valence-electron chi connectivity index (χ0n) is 8.97. The third-order valence-corrected chi connectivity index (χ3v) is 2.42. The maximum atomic E-state index is 13.4. The molecule has 0 saturated carbocycles. The van der Waals surface area contributed by atoms with Gasteiger partial charge in [-0.3, -0.25) is 0 Å². The zero-order valence-corrected chi connectivity index (χ0v) is 9.86. The van der Waals surface area contributed by atoms with Crippen LogP contribution in [0.2, 0.25) is 0 Å². The third-order valence-electron chi connectivity index (χ3n) is 2.03. The van der Waals surface area contributed by atoms with Crippen molar-refractivity contribution in [3.8, 4) is 5.75 Å². The number of halogens is 5. The Kier molecular flexibility index (Phi) is 4.80. The van der Waals surface area contributed by atoms with Crippen molar-refractivity contribution in [1.82, 2.24) is 0 Å². The highest BCUT2D eigenvalue weighted by Gasteiger charge is 2.30. The van der Waals surface area contributed by atoms with Gasteiger partial charge in [0.15, 0.2) is 24.0 Å². The lowest BCUT2D eigenvalue weighted by Gasteiger charge is -2.14. The van der Waals surface area contributed by atoms with E-state index in [1.165, 1.54) is 0 Å². The Morgan fingerprint density at radius 2 is 1.72 bits per heavy atom. The van der Waals surface area contributed by atoms with Crippen LogP contribution >= 0.6 is 12.6 Å². The Morgan fingerprint density at radius 1 is 1.22 bits per heavy atom. The maximum Gasteiger partial charge on any atom is 0.422 e. The second kappa shape index (κ2) is 5.75. The van der Waals surface area contributed by atoms with E-state index in [0.29, 0.717) is 0 Å². The smallest absolute Gasteiger partial charge is 0.422 e. The van der Waals surface area contributed by atoms with E-state index in [-0.39, 0.29) is 11.3 Å². The van der Waals surface area contributed by atoms with Gasteiger partial charge in [-0.2, -0.15) is 25.8 Å². The standard InChI is InChI=1S/C10H10F5NOS/c11-6-1-5(8(16)3-18)2-7(12)9(6)17-4-10(13,14)15/h1-2,8,18H,3-4,16H2. The van der Waals surface area contributed by atoms with E-state index >= 15 is 0 Å². The molecule has 1 rings (SSSR count). The van der Waals surface area contributed by atoms with Crippen molar-refractivity contribution in [2.75, 3.05) is 12.4 Å². The van der Waals surface area contributed by atoms with Gasteiger partial charge in [0.05, 0.1) is 0 Å². The molecule has 0 spiro atoms. The van der Waals surface area contributed by atoms with Crippen LogP contribution in [0.1, 0.15) is 11.6 Å². The third kappa shape index (κ3) is 4.02. The van der Waals surface area contributed by atoms with Crippen molar-refractivity contribution in [1.29, 1.82) is 0 Å². The van der Waals surface area contributed by atoms with Crippen LogP contribution in [0.3, 0.4) is 0 Å². The lowest BCUT2D eigenvalue weighted by atomic mass is 10.1. The van der Waals surface area contributed by atoms with Crippen LogP contribution in [-0.2, 0) is 0 Å². The number of benzene rings is 1. The average Bonchev–Trinajstić information content (AvgIpc) is 2.25. The number of thiol groups is 1. The average molecular weight is 287 g/mol. The first-order chi connectivity index (χ1) is 8.24. The minimum Gasteiger partial charge on any atom is -0.478 e. The molecule has 0 bridgehead atoms. The van der Waals surface area contributed by atoms with Gasteiger partial charge in [0, 0.05) is 11.8 Å². The van der Waals surface area contributed by atoms with Crippen molar-refractivity contribution < 1.29 is 26.7 Å². The van der Waals surface area contributed by atoms with E-state index in [2.05, 4.69) is 17.4 Å². The van der Waals surface area contributed by atoms with Crippen molar-refractivity contribution in [3.63, 3.8) is 0 Å². The molecule has 1 atom stereocenters. The minimum atomic E-state index is -4.67. The molecule has 1 aromatic rings. The molecular weight excluding hydrogens is 277 g/mol. The van der Waals surface area contributed by atoms with Crippen LogP contribution in [-0.4, -0.2) is 18.5 Å². The van der Waals surface area contributed by atoms with Gasteiger partial charge < -0.3 is 10.5 Å². The predicted molar refractivity (Wildman–Crippen MR) is 58.7 cm³/mol.